The highest BCUT2D eigenvalue weighted by Gasteiger charge is 2.12. The van der Waals surface area contributed by atoms with Crippen molar-refractivity contribution in [2.45, 2.75) is 19.3 Å². The molecule has 2 rings (SSSR count). The van der Waals surface area contributed by atoms with E-state index in [4.69, 9.17) is 9.47 Å². The standard InChI is InChI=1S/C15H23N3O3/c1-20-9-10-21-12-15(19)17-13-5-6-14(16-11-13)18-7-3-2-4-8-18/h5-6,11H,2-4,7-10,12H2,1H3,(H,17,19). The van der Waals surface area contributed by atoms with Crippen molar-refractivity contribution in [1.29, 1.82) is 0 Å². The number of amides is 1. The van der Waals surface area contributed by atoms with Crippen LogP contribution in [0.1, 0.15) is 19.3 Å². The van der Waals surface area contributed by atoms with Crippen LogP contribution in [0.25, 0.3) is 0 Å². The summed E-state index contributed by atoms with van der Waals surface area (Å²) in [5.41, 5.74) is 0.691. The Morgan fingerprint density at radius 1 is 1.29 bits per heavy atom. The third-order valence-corrected chi connectivity index (χ3v) is 3.38. The van der Waals surface area contributed by atoms with Crippen LogP contribution >= 0.6 is 0 Å². The van der Waals surface area contributed by atoms with Gasteiger partial charge in [0.2, 0.25) is 5.91 Å². The fraction of sp³-hybridized carbons (Fsp3) is 0.600. The normalized spacial score (nSPS) is 15.0. The Hall–Kier alpha value is -1.66. The lowest BCUT2D eigenvalue weighted by molar-refractivity contribution is -0.121. The van der Waals surface area contributed by atoms with E-state index in [1.54, 1.807) is 13.3 Å². The van der Waals surface area contributed by atoms with Crippen LogP contribution in [0.15, 0.2) is 18.3 Å². The van der Waals surface area contributed by atoms with Crippen LogP contribution in [0.4, 0.5) is 11.5 Å². The van der Waals surface area contributed by atoms with E-state index < -0.39 is 0 Å². The van der Waals surface area contributed by atoms with Crippen molar-refractivity contribution in [1.82, 2.24) is 4.98 Å². The predicted octanol–water partition coefficient (Wildman–Crippen LogP) is 1.67. The number of piperidine rings is 1. The summed E-state index contributed by atoms with van der Waals surface area (Å²) in [6, 6.07) is 3.83. The molecule has 0 saturated carbocycles. The fourth-order valence-electron chi connectivity index (χ4n) is 2.27. The first-order chi connectivity index (χ1) is 10.3. The van der Waals surface area contributed by atoms with Gasteiger partial charge in [0.1, 0.15) is 12.4 Å². The number of ether oxygens (including phenoxy) is 2. The van der Waals surface area contributed by atoms with Gasteiger partial charge < -0.3 is 19.7 Å². The number of anilines is 2. The summed E-state index contributed by atoms with van der Waals surface area (Å²) in [6.45, 7) is 3.05. The highest BCUT2D eigenvalue weighted by Crippen LogP contribution is 2.18. The molecule has 1 saturated heterocycles. The van der Waals surface area contributed by atoms with E-state index in [1.807, 2.05) is 12.1 Å². The van der Waals surface area contributed by atoms with Gasteiger partial charge in [-0.05, 0) is 31.4 Å². The monoisotopic (exact) mass is 293 g/mol. The second-order valence-electron chi connectivity index (χ2n) is 5.05. The number of pyridine rings is 1. The minimum Gasteiger partial charge on any atom is -0.382 e. The topological polar surface area (TPSA) is 63.7 Å². The van der Waals surface area contributed by atoms with E-state index in [1.165, 1.54) is 19.3 Å². The van der Waals surface area contributed by atoms with Crippen molar-refractivity contribution in [2.24, 2.45) is 0 Å². The van der Waals surface area contributed by atoms with Gasteiger partial charge in [-0.3, -0.25) is 4.79 Å². The minimum absolute atomic E-state index is 0.0250. The van der Waals surface area contributed by atoms with Crippen LogP contribution in [0.2, 0.25) is 0 Å². The molecule has 0 aromatic carbocycles. The van der Waals surface area contributed by atoms with Gasteiger partial charge in [-0.25, -0.2) is 4.98 Å². The molecule has 0 bridgehead atoms. The molecular weight excluding hydrogens is 270 g/mol. The number of hydrogen-bond donors (Lipinski definition) is 1. The molecule has 0 unspecified atom stereocenters. The molecule has 1 aromatic heterocycles. The summed E-state index contributed by atoms with van der Waals surface area (Å²) in [4.78, 5) is 18.3. The summed E-state index contributed by atoms with van der Waals surface area (Å²) < 4.78 is 10.0. The number of rotatable bonds is 7. The smallest absolute Gasteiger partial charge is 0.250 e. The van der Waals surface area contributed by atoms with Gasteiger partial charge >= 0.3 is 0 Å². The van der Waals surface area contributed by atoms with Crippen molar-refractivity contribution < 1.29 is 14.3 Å². The Balaban J connectivity index is 1.77. The minimum atomic E-state index is -0.182. The predicted molar refractivity (Wildman–Crippen MR) is 81.6 cm³/mol. The van der Waals surface area contributed by atoms with E-state index in [0.29, 0.717) is 18.9 Å². The number of nitrogens with one attached hydrogen (secondary N) is 1. The van der Waals surface area contributed by atoms with Crippen molar-refractivity contribution in [3.8, 4) is 0 Å². The summed E-state index contributed by atoms with van der Waals surface area (Å²) in [5.74, 6) is 0.794. The number of aromatic nitrogens is 1. The number of methoxy groups -OCH3 is 1. The average Bonchev–Trinajstić information content (AvgIpc) is 2.53. The first-order valence-electron chi connectivity index (χ1n) is 7.37. The molecule has 2 heterocycles. The molecule has 1 amide bonds. The quantitative estimate of drug-likeness (QED) is 0.775. The average molecular weight is 293 g/mol. The van der Waals surface area contributed by atoms with Crippen molar-refractivity contribution in [3.63, 3.8) is 0 Å². The lowest BCUT2D eigenvalue weighted by Crippen LogP contribution is -2.30. The molecule has 0 radical (unpaired) electrons. The summed E-state index contributed by atoms with van der Waals surface area (Å²) >= 11 is 0. The van der Waals surface area contributed by atoms with Gasteiger partial charge in [0.25, 0.3) is 0 Å². The van der Waals surface area contributed by atoms with Crippen LogP contribution in [-0.4, -0.2) is 50.9 Å². The third-order valence-electron chi connectivity index (χ3n) is 3.38. The first-order valence-corrected chi connectivity index (χ1v) is 7.37. The molecule has 1 aliphatic rings. The molecule has 6 heteroatoms. The van der Waals surface area contributed by atoms with Gasteiger partial charge in [-0.2, -0.15) is 0 Å². The molecule has 0 aliphatic carbocycles. The van der Waals surface area contributed by atoms with E-state index in [9.17, 15) is 4.79 Å². The van der Waals surface area contributed by atoms with E-state index in [2.05, 4.69) is 15.2 Å². The molecule has 0 spiro atoms. The van der Waals surface area contributed by atoms with Gasteiger partial charge in [-0.1, -0.05) is 0 Å². The van der Waals surface area contributed by atoms with E-state index in [0.717, 1.165) is 18.9 Å². The summed E-state index contributed by atoms with van der Waals surface area (Å²) in [7, 11) is 1.60. The van der Waals surface area contributed by atoms with Crippen LogP contribution in [0, 0.1) is 0 Å². The molecule has 1 aromatic rings. The lowest BCUT2D eigenvalue weighted by Gasteiger charge is -2.27. The Labute approximate surface area is 125 Å². The molecule has 0 atom stereocenters. The van der Waals surface area contributed by atoms with Gasteiger partial charge in [-0.15, -0.1) is 0 Å². The van der Waals surface area contributed by atoms with Gasteiger partial charge in [0.05, 0.1) is 25.1 Å². The second kappa shape index (κ2) is 8.59. The van der Waals surface area contributed by atoms with Gasteiger partial charge in [0.15, 0.2) is 0 Å². The SMILES string of the molecule is COCCOCC(=O)Nc1ccc(N2CCCCC2)nc1. The second-order valence-corrected chi connectivity index (χ2v) is 5.05. The van der Waals surface area contributed by atoms with Crippen LogP contribution < -0.4 is 10.2 Å². The molecular formula is C15H23N3O3. The molecule has 6 nitrogen and oxygen atoms in total. The molecule has 1 aliphatic heterocycles. The lowest BCUT2D eigenvalue weighted by atomic mass is 10.1. The summed E-state index contributed by atoms with van der Waals surface area (Å²) in [6.07, 6.45) is 5.43. The molecule has 116 valence electrons. The largest absolute Gasteiger partial charge is 0.382 e. The third kappa shape index (κ3) is 5.32. The first kappa shape index (κ1) is 15.7. The maximum absolute atomic E-state index is 11.6. The maximum Gasteiger partial charge on any atom is 0.250 e. The maximum atomic E-state index is 11.6. The zero-order valence-electron chi connectivity index (χ0n) is 12.5. The van der Waals surface area contributed by atoms with Crippen molar-refractivity contribution in [2.75, 3.05) is 50.2 Å². The van der Waals surface area contributed by atoms with Gasteiger partial charge in [0, 0.05) is 20.2 Å². The number of nitrogens with zero attached hydrogens (tertiary/aromatic N) is 2. The Bertz CT molecular complexity index is 430. The van der Waals surface area contributed by atoms with Crippen molar-refractivity contribution >= 4 is 17.4 Å². The van der Waals surface area contributed by atoms with Crippen LogP contribution in [0.5, 0.6) is 0 Å². The number of carbonyl (C=O) groups is 1. The van der Waals surface area contributed by atoms with Crippen LogP contribution in [-0.2, 0) is 14.3 Å². The highest BCUT2D eigenvalue weighted by molar-refractivity contribution is 5.91. The fourth-order valence-corrected chi connectivity index (χ4v) is 2.27. The van der Waals surface area contributed by atoms with Crippen LogP contribution in [0.3, 0.4) is 0 Å². The Morgan fingerprint density at radius 2 is 2.10 bits per heavy atom. The number of carbonyl (C=O) groups excluding carboxylic acids is 1. The zero-order valence-corrected chi connectivity index (χ0v) is 12.5. The van der Waals surface area contributed by atoms with E-state index in [-0.39, 0.29) is 12.5 Å². The summed E-state index contributed by atoms with van der Waals surface area (Å²) in [5, 5.41) is 2.76. The molecule has 1 N–H and O–H groups in total. The molecule has 21 heavy (non-hydrogen) atoms. The van der Waals surface area contributed by atoms with Crippen molar-refractivity contribution in [3.05, 3.63) is 18.3 Å². The Morgan fingerprint density at radius 3 is 2.76 bits per heavy atom. The molecule has 1 fully saturated rings. The zero-order chi connectivity index (χ0) is 14.9. The number of hydrogen-bond acceptors (Lipinski definition) is 5. The Kier molecular flexibility index (Phi) is 6.43. The highest BCUT2D eigenvalue weighted by atomic mass is 16.5. The van der Waals surface area contributed by atoms with E-state index >= 15 is 0 Å².